The fourth-order valence-corrected chi connectivity index (χ4v) is 7.50. The van der Waals surface area contributed by atoms with E-state index in [9.17, 15) is 0 Å². The van der Waals surface area contributed by atoms with Crippen LogP contribution >= 0.6 is 0 Å². The Morgan fingerprint density at radius 3 is 1.31 bits per heavy atom. The lowest BCUT2D eigenvalue weighted by Crippen LogP contribution is -1.93. The molecule has 9 aromatic carbocycles. The Hall–Kier alpha value is -6.24. The highest BCUT2D eigenvalue weighted by Crippen LogP contribution is 2.46. The molecule has 0 atom stereocenters. The zero-order valence-electron chi connectivity index (χ0n) is 26.5. The highest BCUT2D eigenvalue weighted by atomic mass is 14.2. The lowest BCUT2D eigenvalue weighted by Gasteiger charge is -2.20. The van der Waals surface area contributed by atoms with Crippen LogP contribution in [0.3, 0.4) is 0 Å². The third-order valence-corrected chi connectivity index (χ3v) is 9.66. The maximum atomic E-state index is 2.37. The van der Waals surface area contributed by atoms with Gasteiger partial charge in [-0.15, -0.1) is 0 Å². The molecular formula is C48H32. The molecule has 224 valence electrons. The maximum Gasteiger partial charge on any atom is -0.00201 e. The van der Waals surface area contributed by atoms with Gasteiger partial charge in [0.25, 0.3) is 0 Å². The number of benzene rings is 9. The van der Waals surface area contributed by atoms with Crippen molar-refractivity contribution in [2.75, 3.05) is 0 Å². The van der Waals surface area contributed by atoms with E-state index in [0.29, 0.717) is 0 Å². The number of rotatable bonds is 5. The Morgan fingerprint density at radius 1 is 0.208 bits per heavy atom. The second-order valence-corrected chi connectivity index (χ2v) is 12.4. The van der Waals surface area contributed by atoms with Gasteiger partial charge >= 0.3 is 0 Å². The van der Waals surface area contributed by atoms with E-state index in [1.165, 1.54) is 88.0 Å². The highest BCUT2D eigenvalue weighted by Gasteiger charge is 2.19. The average Bonchev–Trinajstić information content (AvgIpc) is 3.17. The fraction of sp³-hybridized carbons (Fsp3) is 0. The van der Waals surface area contributed by atoms with E-state index in [-0.39, 0.29) is 0 Å². The van der Waals surface area contributed by atoms with Gasteiger partial charge in [0.1, 0.15) is 0 Å². The summed E-state index contributed by atoms with van der Waals surface area (Å²) in [5.41, 5.74) is 12.4. The molecule has 0 saturated heterocycles. The van der Waals surface area contributed by atoms with E-state index in [0.717, 1.165) is 0 Å². The Bertz CT molecular complexity index is 2550. The van der Waals surface area contributed by atoms with Gasteiger partial charge in [-0.2, -0.15) is 0 Å². The summed E-state index contributed by atoms with van der Waals surface area (Å²) >= 11 is 0. The van der Waals surface area contributed by atoms with E-state index in [1.54, 1.807) is 0 Å². The first kappa shape index (κ1) is 28.0. The summed E-state index contributed by atoms with van der Waals surface area (Å²) in [4.78, 5) is 0. The highest BCUT2D eigenvalue weighted by molar-refractivity contribution is 6.22. The van der Waals surface area contributed by atoms with E-state index < -0.39 is 0 Å². The van der Waals surface area contributed by atoms with Crippen molar-refractivity contribution in [2.24, 2.45) is 0 Å². The van der Waals surface area contributed by atoms with Crippen LogP contribution in [0.1, 0.15) is 0 Å². The van der Waals surface area contributed by atoms with Crippen molar-refractivity contribution in [3.8, 4) is 55.6 Å². The van der Waals surface area contributed by atoms with Crippen LogP contribution in [0, 0.1) is 0 Å². The minimum Gasteiger partial charge on any atom is -0.0622 e. The van der Waals surface area contributed by atoms with Crippen molar-refractivity contribution in [1.82, 2.24) is 0 Å². The van der Waals surface area contributed by atoms with Crippen LogP contribution in [0.15, 0.2) is 194 Å². The molecule has 0 aliphatic rings. The summed E-state index contributed by atoms with van der Waals surface area (Å²) in [6.45, 7) is 0. The zero-order chi connectivity index (χ0) is 31.9. The molecule has 0 N–H and O–H groups in total. The molecule has 9 aromatic rings. The van der Waals surface area contributed by atoms with Crippen LogP contribution in [-0.4, -0.2) is 0 Å². The molecule has 0 fully saturated rings. The predicted molar refractivity (Wildman–Crippen MR) is 206 cm³/mol. The molecule has 0 bridgehead atoms. The first-order chi connectivity index (χ1) is 23.8. The van der Waals surface area contributed by atoms with Crippen LogP contribution in [0.4, 0.5) is 0 Å². The van der Waals surface area contributed by atoms with Crippen molar-refractivity contribution < 1.29 is 0 Å². The lowest BCUT2D eigenvalue weighted by molar-refractivity contribution is 1.59. The van der Waals surface area contributed by atoms with Crippen molar-refractivity contribution in [3.05, 3.63) is 194 Å². The Labute approximate surface area is 281 Å². The fourth-order valence-electron chi connectivity index (χ4n) is 7.50. The maximum absolute atomic E-state index is 2.37. The molecule has 0 saturated carbocycles. The molecule has 48 heavy (non-hydrogen) atoms. The minimum atomic E-state index is 1.21. The molecule has 0 radical (unpaired) electrons. The first-order valence-corrected chi connectivity index (χ1v) is 16.6. The SMILES string of the molecule is c1ccc(-c2ccccc2-c2c3ccccc3c(-c3cccc(-c4cccc(-c5cccc6ccccc56)c4)c3)c3ccccc23)cc1. The molecule has 0 aromatic heterocycles. The van der Waals surface area contributed by atoms with Crippen LogP contribution in [-0.2, 0) is 0 Å². The van der Waals surface area contributed by atoms with Gasteiger partial charge in [0.15, 0.2) is 0 Å². The summed E-state index contributed by atoms with van der Waals surface area (Å²) < 4.78 is 0. The Morgan fingerprint density at radius 2 is 0.625 bits per heavy atom. The number of hydrogen-bond acceptors (Lipinski definition) is 0. The molecule has 0 unspecified atom stereocenters. The van der Waals surface area contributed by atoms with Crippen molar-refractivity contribution >= 4 is 32.3 Å². The van der Waals surface area contributed by atoms with Gasteiger partial charge in [-0.05, 0) is 100 Å². The molecule has 0 amide bonds. The second kappa shape index (κ2) is 11.8. The smallest absolute Gasteiger partial charge is 0.00201 e. The molecule has 0 heteroatoms. The lowest BCUT2D eigenvalue weighted by atomic mass is 9.83. The molecule has 0 nitrogen and oxygen atoms in total. The molecule has 0 spiro atoms. The van der Waals surface area contributed by atoms with Gasteiger partial charge in [0.05, 0.1) is 0 Å². The van der Waals surface area contributed by atoms with Gasteiger partial charge < -0.3 is 0 Å². The summed E-state index contributed by atoms with van der Waals surface area (Å²) in [6, 6.07) is 70.7. The first-order valence-electron chi connectivity index (χ1n) is 16.6. The van der Waals surface area contributed by atoms with Gasteiger partial charge in [-0.25, -0.2) is 0 Å². The molecule has 0 heterocycles. The van der Waals surface area contributed by atoms with Gasteiger partial charge in [0, 0.05) is 0 Å². The standard InChI is InChI=1S/C48H32/c1-2-15-33(16-3-1)40-24-6-7-25-42(40)48-45-28-10-8-26-43(45)47(44-27-9-11-29-46(44)48)38-22-13-20-36(32-38)35-19-12-21-37(31-35)41-30-14-18-34-17-4-5-23-39(34)41/h1-32H. The second-order valence-electron chi connectivity index (χ2n) is 12.4. The van der Waals surface area contributed by atoms with Crippen LogP contribution in [0.5, 0.6) is 0 Å². The van der Waals surface area contributed by atoms with E-state index in [1.807, 2.05) is 0 Å². The summed E-state index contributed by atoms with van der Waals surface area (Å²) in [6.07, 6.45) is 0. The van der Waals surface area contributed by atoms with Crippen molar-refractivity contribution in [2.45, 2.75) is 0 Å². The van der Waals surface area contributed by atoms with Gasteiger partial charge in [-0.3, -0.25) is 0 Å². The van der Waals surface area contributed by atoms with Gasteiger partial charge in [-0.1, -0.05) is 182 Å². The predicted octanol–water partition coefficient (Wildman–Crippen LogP) is 13.5. The monoisotopic (exact) mass is 608 g/mol. The molecule has 0 aliphatic carbocycles. The van der Waals surface area contributed by atoms with Gasteiger partial charge in [0.2, 0.25) is 0 Å². The molecule has 9 rings (SSSR count). The summed E-state index contributed by atoms with van der Waals surface area (Å²) in [5, 5.41) is 7.58. The van der Waals surface area contributed by atoms with Crippen molar-refractivity contribution in [1.29, 1.82) is 0 Å². The largest absolute Gasteiger partial charge is 0.0622 e. The van der Waals surface area contributed by atoms with Crippen LogP contribution in [0.2, 0.25) is 0 Å². The summed E-state index contributed by atoms with van der Waals surface area (Å²) in [5.74, 6) is 0. The summed E-state index contributed by atoms with van der Waals surface area (Å²) in [7, 11) is 0. The van der Waals surface area contributed by atoms with Crippen LogP contribution in [0.25, 0.3) is 88.0 Å². The zero-order valence-corrected chi connectivity index (χ0v) is 26.5. The third-order valence-electron chi connectivity index (χ3n) is 9.66. The number of hydrogen-bond donors (Lipinski definition) is 0. The topological polar surface area (TPSA) is 0 Å². The number of fused-ring (bicyclic) bond motifs is 3. The van der Waals surface area contributed by atoms with Crippen LogP contribution < -0.4 is 0 Å². The van der Waals surface area contributed by atoms with E-state index in [2.05, 4.69) is 194 Å². The minimum absolute atomic E-state index is 1.21. The molecule has 0 aliphatic heterocycles. The average molecular weight is 609 g/mol. The van der Waals surface area contributed by atoms with E-state index >= 15 is 0 Å². The van der Waals surface area contributed by atoms with E-state index in [4.69, 9.17) is 0 Å². The quantitative estimate of drug-likeness (QED) is 0.171. The third kappa shape index (κ3) is 4.78. The Kier molecular flexibility index (Phi) is 6.91. The normalized spacial score (nSPS) is 11.3. The van der Waals surface area contributed by atoms with Crippen molar-refractivity contribution in [3.63, 3.8) is 0 Å². The molecular weight excluding hydrogens is 577 g/mol. The Balaban J connectivity index is 1.24.